The Labute approximate surface area is 226 Å². The summed E-state index contributed by atoms with van der Waals surface area (Å²) in [4.78, 5) is 48.9. The van der Waals surface area contributed by atoms with E-state index in [0.29, 0.717) is 19.4 Å². The molecule has 11 nitrogen and oxygen atoms in total. The topological polar surface area (TPSA) is 191 Å². The van der Waals surface area contributed by atoms with Crippen molar-refractivity contribution in [2.24, 2.45) is 5.73 Å². The Morgan fingerprint density at radius 1 is 0.868 bits per heavy atom. The van der Waals surface area contributed by atoms with E-state index >= 15 is 0 Å². The summed E-state index contributed by atoms with van der Waals surface area (Å²) in [7, 11) is 0. The lowest BCUT2D eigenvalue weighted by molar-refractivity contribution is -0.140. The van der Waals surface area contributed by atoms with Crippen LogP contribution in [0, 0.1) is 0 Å². The van der Waals surface area contributed by atoms with Gasteiger partial charge in [0.1, 0.15) is 12.1 Å². The van der Waals surface area contributed by atoms with Crippen molar-refractivity contribution < 1.29 is 34.5 Å². The van der Waals surface area contributed by atoms with Crippen LogP contribution in [0.4, 0.5) is 0 Å². The molecule has 5 atom stereocenters. The van der Waals surface area contributed by atoms with Gasteiger partial charge in [0, 0.05) is 6.08 Å². The van der Waals surface area contributed by atoms with Crippen LogP contribution in [0.25, 0.3) is 0 Å². The van der Waals surface area contributed by atoms with E-state index < -0.39 is 60.4 Å². The lowest BCUT2D eigenvalue weighted by atomic mass is 10.0. The first-order chi connectivity index (χ1) is 18.0. The monoisotopic (exact) mass is 540 g/mol. The summed E-state index contributed by atoms with van der Waals surface area (Å²) in [6.07, 6.45) is 11.6. The molecule has 0 spiro atoms. The van der Waals surface area contributed by atoms with Crippen LogP contribution in [0.3, 0.4) is 0 Å². The SMILES string of the molecule is CCCCCCCC=CC=CC(=O)NC(C(=O)NC(CCCCN)C(=O)NC(C)C(O)CC(=O)O)C(C)O. The highest BCUT2D eigenvalue weighted by Gasteiger charge is 2.30. The summed E-state index contributed by atoms with van der Waals surface area (Å²) in [5.74, 6) is -3.17. The fourth-order valence-electron chi connectivity index (χ4n) is 3.59. The average Bonchev–Trinajstić information content (AvgIpc) is 2.84. The molecule has 0 aromatic heterocycles. The molecule has 0 aromatic rings. The Morgan fingerprint density at radius 2 is 1.55 bits per heavy atom. The minimum absolute atomic E-state index is 0.222. The van der Waals surface area contributed by atoms with E-state index in [1.807, 2.05) is 6.08 Å². The number of rotatable bonds is 21. The Balaban J connectivity index is 5.07. The maximum Gasteiger partial charge on any atom is 0.306 e. The van der Waals surface area contributed by atoms with Crippen molar-refractivity contribution in [1.29, 1.82) is 0 Å². The number of nitrogens with two attached hydrogens (primary N) is 1. The summed E-state index contributed by atoms with van der Waals surface area (Å²) in [6, 6.07) is -3.23. The van der Waals surface area contributed by atoms with Gasteiger partial charge in [-0.3, -0.25) is 19.2 Å². The molecule has 0 aliphatic rings. The summed E-state index contributed by atoms with van der Waals surface area (Å²) in [5, 5.41) is 36.4. The fourth-order valence-corrected chi connectivity index (χ4v) is 3.59. The molecule has 0 aliphatic heterocycles. The van der Waals surface area contributed by atoms with Gasteiger partial charge >= 0.3 is 5.97 Å². The van der Waals surface area contributed by atoms with Gasteiger partial charge in [0.05, 0.1) is 24.7 Å². The van der Waals surface area contributed by atoms with Crippen molar-refractivity contribution in [3.8, 4) is 0 Å². The molecule has 0 saturated carbocycles. The minimum atomic E-state index is -1.32. The number of carbonyl (C=O) groups is 4. The van der Waals surface area contributed by atoms with E-state index in [2.05, 4.69) is 22.9 Å². The van der Waals surface area contributed by atoms with Crippen molar-refractivity contribution in [3.05, 3.63) is 24.3 Å². The van der Waals surface area contributed by atoms with Gasteiger partial charge in [0.25, 0.3) is 0 Å². The Morgan fingerprint density at radius 3 is 2.16 bits per heavy atom. The molecular formula is C27H48N4O7. The summed E-state index contributed by atoms with van der Waals surface area (Å²) in [6.45, 7) is 5.36. The molecular weight excluding hydrogens is 492 g/mol. The number of carbonyl (C=O) groups excluding carboxylic acids is 3. The van der Waals surface area contributed by atoms with Gasteiger partial charge in [0.15, 0.2) is 0 Å². The van der Waals surface area contributed by atoms with Gasteiger partial charge < -0.3 is 37.0 Å². The summed E-state index contributed by atoms with van der Waals surface area (Å²) in [5.41, 5.74) is 5.52. The van der Waals surface area contributed by atoms with Crippen molar-refractivity contribution in [3.63, 3.8) is 0 Å². The van der Waals surface area contributed by atoms with Crippen LogP contribution in [0.2, 0.25) is 0 Å². The van der Waals surface area contributed by atoms with E-state index in [-0.39, 0.29) is 6.42 Å². The van der Waals surface area contributed by atoms with Crippen LogP contribution in [0.5, 0.6) is 0 Å². The number of unbranched alkanes of at least 4 members (excludes halogenated alkanes) is 6. The molecule has 0 bridgehead atoms. The number of allylic oxidation sites excluding steroid dienone is 3. The third-order valence-electron chi connectivity index (χ3n) is 5.94. The summed E-state index contributed by atoms with van der Waals surface area (Å²) < 4.78 is 0. The highest BCUT2D eigenvalue weighted by Crippen LogP contribution is 2.07. The predicted octanol–water partition coefficient (Wildman–Crippen LogP) is 1.28. The predicted molar refractivity (Wildman–Crippen MR) is 146 cm³/mol. The van der Waals surface area contributed by atoms with E-state index in [1.54, 1.807) is 12.2 Å². The number of aliphatic carboxylic acids is 1. The number of amides is 3. The molecule has 38 heavy (non-hydrogen) atoms. The lowest BCUT2D eigenvalue weighted by Gasteiger charge is -2.26. The quantitative estimate of drug-likeness (QED) is 0.0643. The molecule has 0 aromatic carbocycles. The Hall–Kier alpha value is -2.76. The van der Waals surface area contributed by atoms with Crippen LogP contribution >= 0.6 is 0 Å². The third-order valence-corrected chi connectivity index (χ3v) is 5.94. The number of nitrogens with one attached hydrogen (secondary N) is 3. The zero-order chi connectivity index (χ0) is 28.9. The second-order valence-electron chi connectivity index (χ2n) is 9.53. The van der Waals surface area contributed by atoms with E-state index in [0.717, 1.165) is 12.8 Å². The average molecular weight is 541 g/mol. The molecule has 0 aliphatic carbocycles. The van der Waals surface area contributed by atoms with E-state index in [1.165, 1.54) is 45.6 Å². The number of hydrogen-bond acceptors (Lipinski definition) is 7. The highest BCUT2D eigenvalue weighted by molar-refractivity contribution is 5.95. The molecule has 0 radical (unpaired) electrons. The molecule has 3 amide bonds. The van der Waals surface area contributed by atoms with Gasteiger partial charge in [-0.15, -0.1) is 0 Å². The van der Waals surface area contributed by atoms with Crippen LogP contribution in [0.1, 0.15) is 85.0 Å². The Kier molecular flexibility index (Phi) is 19.7. The normalized spacial score (nSPS) is 15.5. The van der Waals surface area contributed by atoms with Gasteiger partial charge in [-0.25, -0.2) is 0 Å². The molecule has 0 fully saturated rings. The molecule has 0 rings (SSSR count). The van der Waals surface area contributed by atoms with Gasteiger partial charge in [-0.05, 0) is 52.5 Å². The van der Waals surface area contributed by atoms with E-state index in [9.17, 15) is 29.4 Å². The maximum absolute atomic E-state index is 12.9. The molecule has 0 saturated heterocycles. The molecule has 8 N–H and O–H groups in total. The zero-order valence-corrected chi connectivity index (χ0v) is 23.0. The molecule has 11 heteroatoms. The molecule has 0 heterocycles. The smallest absolute Gasteiger partial charge is 0.306 e. The first-order valence-corrected chi connectivity index (χ1v) is 13.6. The zero-order valence-electron chi connectivity index (χ0n) is 23.0. The standard InChI is InChI=1S/C27H48N4O7/c1-4-5-6-7-8-9-10-11-12-16-23(34)31-25(20(3)32)27(38)30-21(15-13-14-17-28)26(37)29-19(2)22(33)18-24(35)36/h10-12,16,19-22,25,32-33H,4-9,13-15,17-18,28H2,1-3H3,(H,29,37)(H,30,38)(H,31,34)(H,35,36). The number of aliphatic hydroxyl groups is 2. The number of carboxylic acid groups (broad SMARTS) is 1. The van der Waals surface area contributed by atoms with Crippen LogP contribution in [0.15, 0.2) is 24.3 Å². The third kappa shape index (κ3) is 16.9. The van der Waals surface area contributed by atoms with E-state index in [4.69, 9.17) is 10.8 Å². The van der Waals surface area contributed by atoms with Crippen LogP contribution in [-0.2, 0) is 19.2 Å². The first kappa shape index (κ1) is 35.2. The second kappa shape index (κ2) is 21.2. The lowest BCUT2D eigenvalue weighted by Crippen LogP contribution is -2.58. The van der Waals surface area contributed by atoms with Gasteiger partial charge in [-0.2, -0.15) is 0 Å². The fraction of sp³-hybridized carbons (Fsp3) is 0.704. The van der Waals surface area contributed by atoms with Crippen molar-refractivity contribution >= 4 is 23.7 Å². The summed E-state index contributed by atoms with van der Waals surface area (Å²) >= 11 is 0. The van der Waals surface area contributed by atoms with Crippen molar-refractivity contribution in [1.82, 2.24) is 16.0 Å². The van der Waals surface area contributed by atoms with Crippen LogP contribution in [-0.4, -0.2) is 75.9 Å². The molecule has 218 valence electrons. The largest absolute Gasteiger partial charge is 0.481 e. The molecule has 5 unspecified atom stereocenters. The van der Waals surface area contributed by atoms with Gasteiger partial charge in [0.2, 0.25) is 17.7 Å². The first-order valence-electron chi connectivity index (χ1n) is 13.6. The maximum atomic E-state index is 12.9. The van der Waals surface area contributed by atoms with Crippen LogP contribution < -0.4 is 21.7 Å². The Bertz CT molecular complexity index is 771. The van der Waals surface area contributed by atoms with Crippen molar-refractivity contribution in [2.45, 2.75) is 115 Å². The second-order valence-corrected chi connectivity index (χ2v) is 9.53. The van der Waals surface area contributed by atoms with Gasteiger partial charge in [-0.1, -0.05) is 50.8 Å². The number of aliphatic hydroxyl groups excluding tert-OH is 2. The highest BCUT2D eigenvalue weighted by atomic mass is 16.4. The minimum Gasteiger partial charge on any atom is -0.481 e. The number of carboxylic acids is 1. The van der Waals surface area contributed by atoms with Crippen molar-refractivity contribution in [2.75, 3.05) is 6.54 Å². The number of hydrogen-bond donors (Lipinski definition) is 7.